The molecule has 0 radical (unpaired) electrons. The molecule has 6 heteroatoms. The normalized spacial score (nSPS) is 19.5. The van der Waals surface area contributed by atoms with Crippen molar-refractivity contribution >= 4 is 5.91 Å². The van der Waals surface area contributed by atoms with Crippen LogP contribution in [0.4, 0.5) is 4.39 Å². The summed E-state index contributed by atoms with van der Waals surface area (Å²) in [5.41, 5.74) is 5.92. The summed E-state index contributed by atoms with van der Waals surface area (Å²) in [5.74, 6) is 0.116. The van der Waals surface area contributed by atoms with Crippen LogP contribution in [-0.2, 0) is 17.6 Å². The molecule has 4 aromatic rings. The molecular formula is C34H36FN3O2. The highest BCUT2D eigenvalue weighted by Crippen LogP contribution is 2.52. The first-order valence-corrected chi connectivity index (χ1v) is 13.8. The van der Waals surface area contributed by atoms with Gasteiger partial charge in [0.05, 0.1) is 24.3 Å². The number of benzene rings is 3. The third-order valence-corrected chi connectivity index (χ3v) is 8.58. The number of amides is 1. The highest BCUT2D eigenvalue weighted by Gasteiger charge is 2.43. The van der Waals surface area contributed by atoms with Gasteiger partial charge >= 0.3 is 0 Å². The average Bonchev–Trinajstić information content (AvgIpc) is 3.43. The second kappa shape index (κ2) is 11.5. The predicted octanol–water partition coefficient (Wildman–Crippen LogP) is 7.03. The third-order valence-electron chi connectivity index (χ3n) is 8.58. The van der Waals surface area contributed by atoms with Gasteiger partial charge in [-0.1, -0.05) is 61.5 Å². The topological polar surface area (TPSA) is 67.2 Å². The number of rotatable bonds is 9. The Morgan fingerprint density at radius 2 is 1.90 bits per heavy atom. The lowest BCUT2D eigenvalue weighted by atomic mass is 9.70. The van der Waals surface area contributed by atoms with Crippen LogP contribution >= 0.6 is 0 Å². The predicted molar refractivity (Wildman–Crippen MR) is 156 cm³/mol. The van der Waals surface area contributed by atoms with Crippen molar-refractivity contribution in [1.29, 1.82) is 0 Å². The van der Waals surface area contributed by atoms with Crippen molar-refractivity contribution in [1.82, 2.24) is 15.1 Å². The summed E-state index contributed by atoms with van der Waals surface area (Å²) in [4.78, 5) is 13.2. The van der Waals surface area contributed by atoms with E-state index < -0.39 is 0 Å². The lowest BCUT2D eigenvalue weighted by Gasteiger charge is -2.35. The molecule has 0 aliphatic heterocycles. The van der Waals surface area contributed by atoms with Crippen LogP contribution in [-0.4, -0.2) is 20.8 Å². The van der Waals surface area contributed by atoms with E-state index in [2.05, 4.69) is 43.0 Å². The van der Waals surface area contributed by atoms with E-state index >= 15 is 0 Å². The van der Waals surface area contributed by atoms with Gasteiger partial charge in [0.1, 0.15) is 11.6 Å². The van der Waals surface area contributed by atoms with Crippen LogP contribution in [0.3, 0.4) is 0 Å². The molecule has 1 fully saturated rings. The van der Waals surface area contributed by atoms with Gasteiger partial charge in [0.15, 0.2) is 0 Å². The maximum absolute atomic E-state index is 13.5. The summed E-state index contributed by atoms with van der Waals surface area (Å²) in [7, 11) is 0. The minimum Gasteiger partial charge on any atom is -0.508 e. The minimum absolute atomic E-state index is 0.0746. The standard InChI is InChI=1S/C34H36FN3O2/c1-23-12-13-28(34(23,3)21-27-22-36-38(24(27)2)30-16-14-29(35)15-17-30)20-32(26-9-5-4-6-10-26)37-33(40)19-25-8-7-11-31(39)18-25/h4-11,14-18,22,28,32,39H,1,12-13,19-21H2,2-3H3,(H,37,40)/t28-,32?,34+/m1/s1. The van der Waals surface area contributed by atoms with Gasteiger partial charge in [-0.05, 0) is 97.0 Å². The lowest BCUT2D eigenvalue weighted by Crippen LogP contribution is -2.34. The van der Waals surface area contributed by atoms with Crippen LogP contribution in [0.2, 0.25) is 0 Å². The van der Waals surface area contributed by atoms with Crippen molar-refractivity contribution in [2.45, 2.75) is 52.0 Å². The van der Waals surface area contributed by atoms with Gasteiger partial charge in [-0.25, -0.2) is 9.07 Å². The highest BCUT2D eigenvalue weighted by molar-refractivity contribution is 5.79. The number of hydrogen-bond acceptors (Lipinski definition) is 3. The van der Waals surface area contributed by atoms with Crippen LogP contribution < -0.4 is 5.32 Å². The Morgan fingerprint density at radius 3 is 2.62 bits per heavy atom. The molecule has 1 heterocycles. The van der Waals surface area contributed by atoms with Crippen molar-refractivity contribution in [2.75, 3.05) is 0 Å². The number of nitrogens with zero attached hydrogens (tertiary/aromatic N) is 2. The Balaban J connectivity index is 1.36. The van der Waals surface area contributed by atoms with Crippen molar-refractivity contribution in [3.63, 3.8) is 0 Å². The van der Waals surface area contributed by atoms with Crippen molar-refractivity contribution in [3.8, 4) is 11.4 Å². The molecule has 1 aliphatic rings. The van der Waals surface area contributed by atoms with Gasteiger partial charge in [0.2, 0.25) is 5.91 Å². The summed E-state index contributed by atoms with van der Waals surface area (Å²) in [5, 5.41) is 17.7. The van der Waals surface area contributed by atoms with E-state index in [9.17, 15) is 14.3 Å². The first kappa shape index (κ1) is 27.4. The van der Waals surface area contributed by atoms with Crippen LogP contribution in [0.1, 0.15) is 54.6 Å². The number of aromatic nitrogens is 2. The lowest BCUT2D eigenvalue weighted by molar-refractivity contribution is -0.121. The first-order valence-electron chi connectivity index (χ1n) is 13.8. The van der Waals surface area contributed by atoms with Gasteiger partial charge in [0.25, 0.3) is 0 Å². The van der Waals surface area contributed by atoms with Crippen molar-refractivity contribution < 1.29 is 14.3 Å². The largest absolute Gasteiger partial charge is 0.508 e. The maximum Gasteiger partial charge on any atom is 0.224 e. The molecular weight excluding hydrogens is 501 g/mol. The Labute approximate surface area is 235 Å². The number of carbonyl (C=O) groups is 1. The number of phenols is 1. The average molecular weight is 538 g/mol. The van der Waals surface area contributed by atoms with Crippen molar-refractivity contribution in [3.05, 3.63) is 125 Å². The van der Waals surface area contributed by atoms with Gasteiger partial charge in [-0.2, -0.15) is 5.10 Å². The summed E-state index contributed by atoms with van der Waals surface area (Å²) in [6.07, 6.45) is 5.66. The van der Waals surface area contributed by atoms with E-state index in [0.29, 0.717) is 5.92 Å². The molecule has 0 bridgehead atoms. The fourth-order valence-electron chi connectivity index (χ4n) is 6.09. The number of hydrogen-bond donors (Lipinski definition) is 2. The van der Waals surface area contributed by atoms with Crippen LogP contribution in [0, 0.1) is 24.1 Å². The second-order valence-electron chi connectivity index (χ2n) is 11.2. The number of halogens is 1. The molecule has 1 aromatic heterocycles. The number of aromatic hydroxyl groups is 1. The first-order chi connectivity index (χ1) is 19.2. The van der Waals surface area contributed by atoms with E-state index in [4.69, 9.17) is 0 Å². The van der Waals surface area contributed by atoms with E-state index in [0.717, 1.165) is 53.8 Å². The fourth-order valence-corrected chi connectivity index (χ4v) is 6.09. The summed E-state index contributed by atoms with van der Waals surface area (Å²) >= 11 is 0. The van der Waals surface area contributed by atoms with E-state index in [-0.39, 0.29) is 35.4 Å². The molecule has 206 valence electrons. The fraction of sp³-hybridized carbons (Fsp3) is 0.294. The number of phenolic OH excluding ortho intramolecular Hbond substituents is 1. The molecule has 0 spiro atoms. The van der Waals surface area contributed by atoms with Crippen LogP contribution in [0.25, 0.3) is 5.69 Å². The molecule has 40 heavy (non-hydrogen) atoms. The Hall–Kier alpha value is -4.19. The molecule has 1 unspecified atom stereocenters. The Kier molecular flexibility index (Phi) is 7.88. The molecule has 1 saturated carbocycles. The monoisotopic (exact) mass is 537 g/mol. The molecule has 3 atom stereocenters. The summed E-state index contributed by atoms with van der Waals surface area (Å²) in [6, 6.07) is 23.2. The van der Waals surface area contributed by atoms with Crippen LogP contribution in [0.15, 0.2) is 97.2 Å². The van der Waals surface area contributed by atoms with E-state index in [1.165, 1.54) is 17.7 Å². The van der Waals surface area contributed by atoms with E-state index in [1.807, 2.05) is 35.1 Å². The summed E-state index contributed by atoms with van der Waals surface area (Å²) < 4.78 is 15.3. The zero-order valence-corrected chi connectivity index (χ0v) is 23.1. The zero-order valence-electron chi connectivity index (χ0n) is 23.1. The van der Waals surface area contributed by atoms with Gasteiger partial charge < -0.3 is 10.4 Å². The second-order valence-corrected chi connectivity index (χ2v) is 11.2. The molecule has 2 N–H and O–H groups in total. The zero-order chi connectivity index (χ0) is 28.3. The molecule has 5 rings (SSSR count). The van der Waals surface area contributed by atoms with Gasteiger partial charge in [-0.3, -0.25) is 4.79 Å². The highest BCUT2D eigenvalue weighted by atomic mass is 19.1. The smallest absolute Gasteiger partial charge is 0.224 e. The van der Waals surface area contributed by atoms with Gasteiger partial charge in [-0.15, -0.1) is 0 Å². The molecule has 3 aromatic carbocycles. The number of allylic oxidation sites excluding steroid dienone is 1. The van der Waals surface area contributed by atoms with Crippen molar-refractivity contribution in [2.24, 2.45) is 11.3 Å². The number of nitrogens with one attached hydrogen (secondary N) is 1. The molecule has 1 aliphatic carbocycles. The van der Waals surface area contributed by atoms with Crippen LogP contribution in [0.5, 0.6) is 5.75 Å². The number of carbonyl (C=O) groups excluding carboxylic acids is 1. The maximum atomic E-state index is 13.5. The Morgan fingerprint density at radius 1 is 1.15 bits per heavy atom. The molecule has 0 saturated heterocycles. The quantitative estimate of drug-likeness (QED) is 0.225. The SMILES string of the molecule is C=C1CC[C@H](CC(NC(=O)Cc2cccc(O)c2)c2ccccc2)[C@@]1(C)Cc1cnn(-c2ccc(F)cc2)c1C. The van der Waals surface area contributed by atoms with Gasteiger partial charge in [0, 0.05) is 5.69 Å². The molecule has 1 amide bonds. The Bertz CT molecular complexity index is 1500. The minimum atomic E-state index is -0.270. The summed E-state index contributed by atoms with van der Waals surface area (Å²) in [6.45, 7) is 8.82. The third kappa shape index (κ3) is 5.86. The van der Waals surface area contributed by atoms with E-state index in [1.54, 1.807) is 30.3 Å². The molecule has 5 nitrogen and oxygen atoms in total.